The van der Waals surface area contributed by atoms with E-state index in [2.05, 4.69) is 10.9 Å². The number of ether oxygens (including phenoxy) is 2. The molecular weight excluding hydrogens is 368 g/mol. The maximum Gasteiger partial charge on any atom is 0.276 e. The Morgan fingerprint density at radius 2 is 1.52 bits per heavy atom. The van der Waals surface area contributed by atoms with Gasteiger partial charge in [-0.15, -0.1) is 0 Å². The normalized spacial score (nSPS) is 10.1. The van der Waals surface area contributed by atoms with Crippen LogP contribution in [0.4, 0.5) is 0 Å². The predicted octanol–water partition coefficient (Wildman–Crippen LogP) is 3.13. The van der Waals surface area contributed by atoms with Crippen molar-refractivity contribution in [3.8, 4) is 11.5 Å². The molecule has 0 heterocycles. The molecule has 29 heavy (non-hydrogen) atoms. The highest BCUT2D eigenvalue weighted by atomic mass is 16.5. The van der Waals surface area contributed by atoms with Crippen LogP contribution >= 0.6 is 0 Å². The van der Waals surface area contributed by atoms with Crippen LogP contribution in [-0.2, 0) is 11.2 Å². The van der Waals surface area contributed by atoms with Crippen LogP contribution in [0.5, 0.6) is 11.5 Å². The van der Waals surface area contributed by atoms with Gasteiger partial charge in [-0.1, -0.05) is 48.5 Å². The minimum atomic E-state index is -0.457. The summed E-state index contributed by atoms with van der Waals surface area (Å²) in [6, 6.07) is 24.1. The number of amides is 2. The van der Waals surface area contributed by atoms with E-state index in [0.717, 1.165) is 11.1 Å². The first-order chi connectivity index (χ1) is 14.2. The average molecular weight is 390 g/mol. The van der Waals surface area contributed by atoms with Crippen LogP contribution < -0.4 is 20.3 Å². The number of para-hydroxylation sites is 1. The number of carbonyl (C=O) groups excluding carboxylic acids is 2. The van der Waals surface area contributed by atoms with Crippen molar-refractivity contribution >= 4 is 11.8 Å². The molecule has 0 fully saturated rings. The fourth-order valence-corrected chi connectivity index (χ4v) is 2.73. The molecule has 0 radical (unpaired) electrons. The lowest BCUT2D eigenvalue weighted by Gasteiger charge is -2.12. The van der Waals surface area contributed by atoms with Gasteiger partial charge in [-0.3, -0.25) is 20.4 Å². The van der Waals surface area contributed by atoms with Crippen molar-refractivity contribution in [3.05, 3.63) is 95.6 Å². The van der Waals surface area contributed by atoms with Gasteiger partial charge in [0.2, 0.25) is 0 Å². The molecule has 3 aromatic carbocycles. The lowest BCUT2D eigenvalue weighted by Crippen LogP contribution is -2.43. The number of hydrazine groups is 1. The molecule has 0 bridgehead atoms. The zero-order valence-electron chi connectivity index (χ0n) is 16.1. The molecule has 0 spiro atoms. The van der Waals surface area contributed by atoms with E-state index < -0.39 is 11.8 Å². The fraction of sp³-hybridized carbons (Fsp3) is 0.130. The Morgan fingerprint density at radius 3 is 2.24 bits per heavy atom. The highest BCUT2D eigenvalue weighted by molar-refractivity contribution is 5.95. The molecule has 0 atom stereocenters. The lowest BCUT2D eigenvalue weighted by atomic mass is 10.0. The van der Waals surface area contributed by atoms with Crippen LogP contribution in [0.25, 0.3) is 0 Å². The van der Waals surface area contributed by atoms with E-state index in [0.29, 0.717) is 23.5 Å². The summed E-state index contributed by atoms with van der Waals surface area (Å²) < 4.78 is 10.7. The monoisotopic (exact) mass is 390 g/mol. The van der Waals surface area contributed by atoms with E-state index in [4.69, 9.17) is 9.47 Å². The third-order valence-electron chi connectivity index (χ3n) is 4.24. The topological polar surface area (TPSA) is 76.7 Å². The van der Waals surface area contributed by atoms with Gasteiger partial charge in [-0.25, -0.2) is 0 Å². The number of benzene rings is 3. The molecule has 0 unspecified atom stereocenters. The minimum Gasteiger partial charge on any atom is -0.497 e. The molecule has 3 aromatic rings. The maximum absolute atomic E-state index is 12.1. The van der Waals surface area contributed by atoms with E-state index >= 15 is 0 Å². The Labute approximate surface area is 169 Å². The number of hydrogen-bond donors (Lipinski definition) is 2. The van der Waals surface area contributed by atoms with E-state index in [1.807, 2.05) is 54.6 Å². The van der Waals surface area contributed by atoms with Gasteiger partial charge in [0.1, 0.15) is 11.5 Å². The van der Waals surface area contributed by atoms with Gasteiger partial charge in [-0.2, -0.15) is 0 Å². The number of nitrogens with one attached hydrogen (secondary N) is 2. The largest absolute Gasteiger partial charge is 0.497 e. The number of carbonyl (C=O) groups is 2. The molecule has 6 nitrogen and oxygen atoms in total. The van der Waals surface area contributed by atoms with Crippen molar-refractivity contribution in [1.82, 2.24) is 10.9 Å². The molecule has 0 aliphatic rings. The Kier molecular flexibility index (Phi) is 6.84. The van der Waals surface area contributed by atoms with Crippen molar-refractivity contribution in [1.29, 1.82) is 0 Å². The second-order valence-electron chi connectivity index (χ2n) is 6.29. The number of methoxy groups -OCH3 is 1. The summed E-state index contributed by atoms with van der Waals surface area (Å²) in [7, 11) is 1.55. The highest BCUT2D eigenvalue weighted by Gasteiger charge is 2.10. The summed E-state index contributed by atoms with van der Waals surface area (Å²) in [5, 5.41) is 0. The molecule has 3 rings (SSSR count). The van der Waals surface area contributed by atoms with Crippen LogP contribution in [0.2, 0.25) is 0 Å². The first kappa shape index (κ1) is 19.9. The van der Waals surface area contributed by atoms with Crippen LogP contribution in [0, 0.1) is 0 Å². The second kappa shape index (κ2) is 9.94. The highest BCUT2D eigenvalue weighted by Crippen LogP contribution is 2.21. The molecule has 0 aliphatic heterocycles. The van der Waals surface area contributed by atoms with E-state index in [1.54, 1.807) is 31.4 Å². The third kappa shape index (κ3) is 5.84. The molecular formula is C23H22N2O4. The van der Waals surface area contributed by atoms with Crippen molar-refractivity contribution in [2.24, 2.45) is 0 Å². The number of hydrogen-bond acceptors (Lipinski definition) is 4. The van der Waals surface area contributed by atoms with Gasteiger partial charge in [0.05, 0.1) is 7.11 Å². The minimum absolute atomic E-state index is 0.214. The smallest absolute Gasteiger partial charge is 0.276 e. The zero-order chi connectivity index (χ0) is 20.5. The van der Waals surface area contributed by atoms with Crippen LogP contribution in [-0.4, -0.2) is 25.5 Å². The van der Waals surface area contributed by atoms with Crippen LogP contribution in [0.1, 0.15) is 21.5 Å². The fourth-order valence-electron chi connectivity index (χ4n) is 2.73. The van der Waals surface area contributed by atoms with Gasteiger partial charge < -0.3 is 9.47 Å². The molecule has 6 heteroatoms. The van der Waals surface area contributed by atoms with Crippen molar-refractivity contribution in [3.63, 3.8) is 0 Å². The van der Waals surface area contributed by atoms with E-state index in [9.17, 15) is 9.59 Å². The van der Waals surface area contributed by atoms with Gasteiger partial charge in [0.15, 0.2) is 6.61 Å². The third-order valence-corrected chi connectivity index (χ3v) is 4.24. The molecule has 0 aromatic heterocycles. The zero-order valence-corrected chi connectivity index (χ0v) is 16.1. The standard InChI is InChI=1S/C23H22N2O4/c1-28-20-13-11-18(12-14-20)23(27)25-24-22(26)16-29-21-10-6-5-9-19(21)15-17-7-3-2-4-8-17/h2-14H,15-16H2,1H3,(H,24,26)(H,25,27). The number of rotatable bonds is 7. The van der Waals surface area contributed by atoms with Gasteiger partial charge in [0.25, 0.3) is 11.8 Å². The maximum atomic E-state index is 12.1. The molecule has 2 N–H and O–H groups in total. The van der Waals surface area contributed by atoms with Crippen molar-refractivity contribution < 1.29 is 19.1 Å². The first-order valence-electron chi connectivity index (χ1n) is 9.13. The SMILES string of the molecule is COc1ccc(C(=O)NNC(=O)COc2ccccc2Cc2ccccc2)cc1. The lowest BCUT2D eigenvalue weighted by molar-refractivity contribution is -0.123. The molecule has 0 aliphatic carbocycles. The summed E-state index contributed by atoms with van der Waals surface area (Å²) in [6.45, 7) is -0.214. The summed E-state index contributed by atoms with van der Waals surface area (Å²) in [5.74, 6) is 0.396. The summed E-state index contributed by atoms with van der Waals surface area (Å²) in [4.78, 5) is 24.1. The summed E-state index contributed by atoms with van der Waals surface area (Å²) in [6.07, 6.45) is 0.701. The molecule has 2 amide bonds. The first-order valence-corrected chi connectivity index (χ1v) is 9.13. The average Bonchev–Trinajstić information content (AvgIpc) is 2.77. The van der Waals surface area contributed by atoms with Gasteiger partial charge >= 0.3 is 0 Å². The predicted molar refractivity (Wildman–Crippen MR) is 110 cm³/mol. The van der Waals surface area contributed by atoms with E-state index in [-0.39, 0.29) is 6.61 Å². The Bertz CT molecular complexity index is 956. The Hall–Kier alpha value is -3.80. The molecule has 148 valence electrons. The Morgan fingerprint density at radius 1 is 0.828 bits per heavy atom. The van der Waals surface area contributed by atoms with Crippen molar-refractivity contribution in [2.75, 3.05) is 13.7 Å². The Balaban J connectivity index is 1.51. The summed E-state index contributed by atoms with van der Waals surface area (Å²) >= 11 is 0. The molecule has 0 saturated carbocycles. The van der Waals surface area contributed by atoms with Crippen LogP contribution in [0.15, 0.2) is 78.9 Å². The van der Waals surface area contributed by atoms with Crippen molar-refractivity contribution in [2.45, 2.75) is 6.42 Å². The van der Waals surface area contributed by atoms with Gasteiger partial charge in [0, 0.05) is 12.0 Å². The summed E-state index contributed by atoms with van der Waals surface area (Å²) in [5.41, 5.74) is 7.26. The van der Waals surface area contributed by atoms with E-state index in [1.165, 1.54) is 0 Å². The molecule has 0 saturated heterocycles. The second-order valence-corrected chi connectivity index (χ2v) is 6.29. The van der Waals surface area contributed by atoms with Crippen LogP contribution in [0.3, 0.4) is 0 Å². The van der Waals surface area contributed by atoms with Gasteiger partial charge in [-0.05, 0) is 41.5 Å². The quantitative estimate of drug-likeness (QED) is 0.608.